The van der Waals surface area contributed by atoms with Crippen molar-refractivity contribution in [3.63, 3.8) is 0 Å². The van der Waals surface area contributed by atoms with Gasteiger partial charge in [0.05, 0.1) is 17.7 Å². The molecule has 2 aromatic heterocycles. The molecule has 0 bridgehead atoms. The summed E-state index contributed by atoms with van der Waals surface area (Å²) in [6, 6.07) is 10.3. The maximum Gasteiger partial charge on any atom is 0.337 e. The Bertz CT molecular complexity index is 1250. The monoisotopic (exact) mass is 366 g/mol. The first-order chi connectivity index (χ1) is 12.5. The second-order valence-corrected chi connectivity index (χ2v) is 6.29. The van der Waals surface area contributed by atoms with Crippen molar-refractivity contribution in [3.05, 3.63) is 57.3 Å². The number of esters is 1. The number of furan rings is 1. The van der Waals surface area contributed by atoms with E-state index in [1.54, 1.807) is 12.1 Å². The van der Waals surface area contributed by atoms with E-state index < -0.39 is 11.5 Å². The molecule has 26 heavy (non-hydrogen) atoms. The number of rotatable bonds is 2. The highest BCUT2D eigenvalue weighted by Gasteiger charge is 2.16. The van der Waals surface area contributed by atoms with Gasteiger partial charge in [-0.05, 0) is 24.3 Å². The number of methoxy groups -OCH3 is 1. The van der Waals surface area contributed by atoms with Crippen LogP contribution in [-0.2, 0) is 4.74 Å². The summed E-state index contributed by atoms with van der Waals surface area (Å²) in [5.74, 6) is -0.195. The summed E-state index contributed by atoms with van der Waals surface area (Å²) >= 11 is 6.29. The summed E-state index contributed by atoms with van der Waals surface area (Å²) in [7, 11) is 3.25. The summed E-state index contributed by atoms with van der Waals surface area (Å²) in [5.41, 5.74) is 2.67. The highest BCUT2D eigenvalue weighted by atomic mass is 35.5. The van der Waals surface area contributed by atoms with Crippen LogP contribution in [0.5, 0.6) is 0 Å². The van der Waals surface area contributed by atoms with Gasteiger partial charge in [0.25, 0.3) is 5.56 Å². The first kappa shape index (κ1) is 16.4. The number of carbonyl (C=O) groups is 1. The van der Waals surface area contributed by atoms with E-state index in [0.29, 0.717) is 28.1 Å². The largest absolute Gasteiger partial charge is 0.465 e. The molecule has 128 valence electrons. The Balaban J connectivity index is 1.95. The Labute approximate surface area is 153 Å². The maximum atomic E-state index is 12.5. The van der Waals surface area contributed by atoms with Crippen LogP contribution >= 0.6 is 11.6 Å². The second kappa shape index (κ2) is 6.03. The van der Waals surface area contributed by atoms with E-state index >= 15 is 0 Å². The molecule has 0 aliphatic heterocycles. The van der Waals surface area contributed by atoms with Crippen LogP contribution in [0.1, 0.15) is 10.4 Å². The number of hydrogen-bond acceptors (Lipinski definition) is 5. The SMILES string of the molecule is Bc1ccc2oc3c(=O)[nH]c(-c4ccc(C(=O)OC)cc4Cl)nc3c2c1. The number of aromatic amines is 1. The molecule has 0 spiro atoms. The summed E-state index contributed by atoms with van der Waals surface area (Å²) in [5, 5.41) is 1.04. The van der Waals surface area contributed by atoms with Crippen LogP contribution in [0.3, 0.4) is 0 Å². The van der Waals surface area contributed by atoms with E-state index in [9.17, 15) is 9.59 Å². The summed E-state index contributed by atoms with van der Waals surface area (Å²) in [6.45, 7) is 0. The van der Waals surface area contributed by atoms with Crippen molar-refractivity contribution >= 4 is 52.9 Å². The number of carbonyl (C=O) groups excluding carboxylic acids is 1. The Hall–Kier alpha value is -3.06. The molecule has 8 heteroatoms. The molecule has 0 aliphatic carbocycles. The Morgan fingerprint density at radius 1 is 1.27 bits per heavy atom. The van der Waals surface area contributed by atoms with E-state index in [1.165, 1.54) is 13.2 Å². The molecule has 1 N–H and O–H groups in total. The van der Waals surface area contributed by atoms with Gasteiger partial charge in [0.2, 0.25) is 5.58 Å². The zero-order chi connectivity index (χ0) is 18.4. The van der Waals surface area contributed by atoms with Crippen LogP contribution in [-0.4, -0.2) is 30.9 Å². The molecule has 2 heterocycles. The first-order valence-corrected chi connectivity index (χ1v) is 8.17. The lowest BCUT2D eigenvalue weighted by atomic mass is 9.95. The number of nitrogens with one attached hydrogen (secondary N) is 1. The van der Waals surface area contributed by atoms with Crippen LogP contribution in [0.15, 0.2) is 45.6 Å². The standard InChI is InChI=1S/C18H12BClN2O4/c1-25-18(24)8-2-4-10(12(20)6-8)16-21-14-11-7-9(19)3-5-13(11)26-15(14)17(23)22-16/h2-7H,19H2,1H3,(H,21,22,23). The number of H-pyrrole nitrogens is 1. The fourth-order valence-electron chi connectivity index (χ4n) is 2.85. The van der Waals surface area contributed by atoms with Crippen LogP contribution in [0.4, 0.5) is 0 Å². The van der Waals surface area contributed by atoms with Gasteiger partial charge in [0, 0.05) is 10.9 Å². The van der Waals surface area contributed by atoms with Gasteiger partial charge in [-0.15, -0.1) is 0 Å². The third kappa shape index (κ3) is 2.57. The number of aromatic nitrogens is 2. The molecule has 0 fully saturated rings. The van der Waals surface area contributed by atoms with Crippen molar-refractivity contribution < 1.29 is 13.9 Å². The van der Waals surface area contributed by atoms with Crippen molar-refractivity contribution in [1.29, 1.82) is 0 Å². The highest BCUT2D eigenvalue weighted by Crippen LogP contribution is 2.29. The third-order valence-corrected chi connectivity index (χ3v) is 4.44. The lowest BCUT2D eigenvalue weighted by molar-refractivity contribution is 0.0601. The lowest BCUT2D eigenvalue weighted by Gasteiger charge is -2.06. The van der Waals surface area contributed by atoms with E-state index in [0.717, 1.165) is 10.8 Å². The average Bonchev–Trinajstić information content (AvgIpc) is 2.99. The van der Waals surface area contributed by atoms with Gasteiger partial charge in [-0.25, -0.2) is 9.78 Å². The predicted molar refractivity (Wildman–Crippen MR) is 102 cm³/mol. The molecular weight excluding hydrogens is 354 g/mol. The minimum atomic E-state index is -0.494. The normalized spacial score (nSPS) is 11.2. The second-order valence-electron chi connectivity index (χ2n) is 5.88. The predicted octanol–water partition coefficient (Wildman–Crippen LogP) is 2.03. The summed E-state index contributed by atoms with van der Waals surface area (Å²) in [4.78, 5) is 31.3. The van der Waals surface area contributed by atoms with Gasteiger partial charge in [-0.2, -0.15) is 0 Å². The topological polar surface area (TPSA) is 85.2 Å². The quantitative estimate of drug-likeness (QED) is 0.433. The molecule has 0 saturated carbocycles. The van der Waals surface area contributed by atoms with Crippen molar-refractivity contribution in [2.24, 2.45) is 0 Å². The van der Waals surface area contributed by atoms with Crippen molar-refractivity contribution in [2.45, 2.75) is 0 Å². The lowest BCUT2D eigenvalue weighted by Crippen LogP contribution is -2.09. The van der Waals surface area contributed by atoms with Crippen LogP contribution in [0.2, 0.25) is 5.02 Å². The molecular formula is C18H12BClN2O4. The molecule has 0 unspecified atom stereocenters. The van der Waals surface area contributed by atoms with Gasteiger partial charge >= 0.3 is 5.97 Å². The fourth-order valence-corrected chi connectivity index (χ4v) is 3.12. The molecule has 0 aliphatic rings. The van der Waals surface area contributed by atoms with Crippen molar-refractivity contribution in [2.75, 3.05) is 7.11 Å². The van der Waals surface area contributed by atoms with Gasteiger partial charge in [-0.1, -0.05) is 29.2 Å². The number of hydrogen-bond donors (Lipinski definition) is 1. The fraction of sp³-hybridized carbons (Fsp3) is 0.0556. The molecule has 4 rings (SSSR count). The van der Waals surface area contributed by atoms with Gasteiger partial charge in [-0.3, -0.25) is 4.79 Å². The van der Waals surface area contributed by atoms with E-state index in [-0.39, 0.29) is 10.6 Å². The number of benzene rings is 2. The zero-order valence-electron chi connectivity index (χ0n) is 13.9. The first-order valence-electron chi connectivity index (χ1n) is 7.79. The summed E-state index contributed by atoms with van der Waals surface area (Å²) < 4.78 is 10.3. The number of fused-ring (bicyclic) bond motifs is 3. The third-order valence-electron chi connectivity index (χ3n) is 4.12. The van der Waals surface area contributed by atoms with Crippen LogP contribution in [0, 0.1) is 0 Å². The summed E-state index contributed by atoms with van der Waals surface area (Å²) in [6.07, 6.45) is 0. The molecule has 0 radical (unpaired) electrons. The van der Waals surface area contributed by atoms with Gasteiger partial charge in [0.15, 0.2) is 0 Å². The van der Waals surface area contributed by atoms with Crippen molar-refractivity contribution in [3.8, 4) is 11.4 Å². The molecule has 0 amide bonds. The highest BCUT2D eigenvalue weighted by molar-refractivity contribution is 6.34. The Morgan fingerprint density at radius 3 is 2.81 bits per heavy atom. The number of ether oxygens (including phenoxy) is 1. The van der Waals surface area contributed by atoms with E-state index in [1.807, 2.05) is 26.0 Å². The van der Waals surface area contributed by atoms with Gasteiger partial charge < -0.3 is 14.1 Å². The average molecular weight is 367 g/mol. The number of halogens is 1. The molecule has 2 aromatic carbocycles. The smallest absolute Gasteiger partial charge is 0.337 e. The Kier molecular flexibility index (Phi) is 3.81. The van der Waals surface area contributed by atoms with Crippen LogP contribution < -0.4 is 11.0 Å². The number of nitrogens with zero attached hydrogens (tertiary/aromatic N) is 1. The molecule has 0 atom stereocenters. The molecule has 6 nitrogen and oxygen atoms in total. The van der Waals surface area contributed by atoms with E-state index in [2.05, 4.69) is 14.7 Å². The minimum Gasteiger partial charge on any atom is -0.465 e. The van der Waals surface area contributed by atoms with Crippen molar-refractivity contribution in [1.82, 2.24) is 9.97 Å². The Morgan fingerprint density at radius 2 is 2.08 bits per heavy atom. The molecule has 4 aromatic rings. The molecule has 0 saturated heterocycles. The maximum absolute atomic E-state index is 12.5. The van der Waals surface area contributed by atoms with Crippen LogP contribution in [0.25, 0.3) is 33.5 Å². The van der Waals surface area contributed by atoms with E-state index in [4.69, 9.17) is 16.0 Å². The zero-order valence-corrected chi connectivity index (χ0v) is 14.7. The minimum absolute atomic E-state index is 0.164. The van der Waals surface area contributed by atoms with Gasteiger partial charge in [0.1, 0.15) is 24.8 Å².